The third kappa shape index (κ3) is 3.34. The predicted octanol–water partition coefficient (Wildman–Crippen LogP) is 0.875. The highest BCUT2D eigenvalue weighted by Gasteiger charge is 2.39. The van der Waals surface area contributed by atoms with Crippen molar-refractivity contribution in [1.82, 2.24) is 4.72 Å². The van der Waals surface area contributed by atoms with Gasteiger partial charge in [0.2, 0.25) is 10.0 Å². The average Bonchev–Trinajstić information content (AvgIpc) is 3.19. The van der Waals surface area contributed by atoms with E-state index in [9.17, 15) is 27.7 Å². The third-order valence-corrected chi connectivity index (χ3v) is 4.53. The standard InChI is InChI=1S/C11H11FN2O6S/c12-8-5-7(14(17)18)3-4-9(8)21(19,20)13-10(11(15)16)6-1-2-6/h3-6,10,13H,1-2H2,(H,15,16). The van der Waals surface area contributed by atoms with E-state index in [0.717, 1.165) is 12.1 Å². The molecule has 0 aliphatic heterocycles. The highest BCUT2D eigenvalue weighted by Crippen LogP contribution is 2.33. The molecule has 10 heteroatoms. The lowest BCUT2D eigenvalue weighted by Gasteiger charge is -2.14. The largest absolute Gasteiger partial charge is 0.480 e. The van der Waals surface area contributed by atoms with Crippen LogP contribution < -0.4 is 4.72 Å². The van der Waals surface area contributed by atoms with Crippen LogP contribution in [0, 0.1) is 21.8 Å². The Bertz CT molecular complexity index is 701. The van der Waals surface area contributed by atoms with E-state index >= 15 is 0 Å². The van der Waals surface area contributed by atoms with Gasteiger partial charge in [-0.25, -0.2) is 12.8 Å². The highest BCUT2D eigenvalue weighted by atomic mass is 32.2. The van der Waals surface area contributed by atoms with Crippen LogP contribution in [-0.4, -0.2) is 30.5 Å². The molecule has 1 saturated carbocycles. The molecule has 1 aliphatic rings. The van der Waals surface area contributed by atoms with E-state index in [2.05, 4.69) is 0 Å². The summed E-state index contributed by atoms with van der Waals surface area (Å²) in [6, 6.07) is 0.720. The fourth-order valence-electron chi connectivity index (χ4n) is 1.83. The Labute approximate surface area is 118 Å². The lowest BCUT2D eigenvalue weighted by atomic mass is 10.2. The summed E-state index contributed by atoms with van der Waals surface area (Å²) in [6.45, 7) is 0. The van der Waals surface area contributed by atoms with Gasteiger partial charge in [-0.1, -0.05) is 0 Å². The number of nitro groups is 1. The van der Waals surface area contributed by atoms with Gasteiger partial charge in [0.25, 0.3) is 5.69 Å². The quantitative estimate of drug-likeness (QED) is 0.592. The molecular weight excluding hydrogens is 307 g/mol. The zero-order chi connectivity index (χ0) is 15.8. The van der Waals surface area contributed by atoms with E-state index in [1.54, 1.807) is 0 Å². The maximum atomic E-state index is 13.7. The van der Waals surface area contributed by atoms with Crippen LogP contribution >= 0.6 is 0 Å². The number of sulfonamides is 1. The Balaban J connectivity index is 2.31. The smallest absolute Gasteiger partial charge is 0.322 e. The van der Waals surface area contributed by atoms with Crippen LogP contribution in [0.4, 0.5) is 10.1 Å². The number of nitrogens with one attached hydrogen (secondary N) is 1. The van der Waals surface area contributed by atoms with E-state index in [4.69, 9.17) is 5.11 Å². The number of carboxylic acid groups (broad SMARTS) is 1. The molecule has 21 heavy (non-hydrogen) atoms. The maximum absolute atomic E-state index is 13.7. The Kier molecular flexibility index (Phi) is 3.92. The van der Waals surface area contributed by atoms with Gasteiger partial charge in [-0.3, -0.25) is 14.9 Å². The van der Waals surface area contributed by atoms with Crippen LogP contribution in [-0.2, 0) is 14.8 Å². The monoisotopic (exact) mass is 318 g/mol. The van der Waals surface area contributed by atoms with Gasteiger partial charge >= 0.3 is 5.97 Å². The van der Waals surface area contributed by atoms with E-state index < -0.39 is 43.4 Å². The SMILES string of the molecule is O=C(O)C(NS(=O)(=O)c1ccc([N+](=O)[O-])cc1F)C1CC1. The number of halogens is 1. The Morgan fingerprint density at radius 1 is 1.48 bits per heavy atom. The van der Waals surface area contributed by atoms with Crippen LogP contribution in [0.15, 0.2) is 23.1 Å². The van der Waals surface area contributed by atoms with Gasteiger partial charge in [0, 0.05) is 6.07 Å². The molecule has 2 rings (SSSR count). The van der Waals surface area contributed by atoms with Gasteiger partial charge in [-0.15, -0.1) is 0 Å². The van der Waals surface area contributed by atoms with Crippen molar-refractivity contribution in [3.05, 3.63) is 34.1 Å². The summed E-state index contributed by atoms with van der Waals surface area (Å²) in [5, 5.41) is 19.4. The molecule has 0 radical (unpaired) electrons. The number of nitro benzene ring substituents is 1. The number of non-ortho nitro benzene ring substituents is 1. The second-order valence-electron chi connectivity index (χ2n) is 4.65. The number of carboxylic acids is 1. The number of aliphatic carboxylic acids is 1. The molecule has 1 aromatic rings. The minimum absolute atomic E-state index is 0.321. The first-order valence-corrected chi connectivity index (χ1v) is 7.40. The number of hydrogen-bond donors (Lipinski definition) is 2. The molecule has 1 atom stereocenters. The summed E-state index contributed by atoms with van der Waals surface area (Å²) < 4.78 is 39.6. The molecule has 1 fully saturated rings. The Morgan fingerprint density at radius 2 is 2.10 bits per heavy atom. The average molecular weight is 318 g/mol. The van der Waals surface area contributed by atoms with Gasteiger partial charge < -0.3 is 5.11 Å². The highest BCUT2D eigenvalue weighted by molar-refractivity contribution is 7.89. The minimum Gasteiger partial charge on any atom is -0.480 e. The molecule has 0 saturated heterocycles. The molecular formula is C11H11FN2O6S. The zero-order valence-corrected chi connectivity index (χ0v) is 11.3. The zero-order valence-electron chi connectivity index (χ0n) is 10.5. The number of carbonyl (C=O) groups is 1. The summed E-state index contributed by atoms with van der Waals surface area (Å²) in [5.41, 5.74) is -0.594. The van der Waals surface area contributed by atoms with Crippen molar-refractivity contribution in [2.24, 2.45) is 5.92 Å². The predicted molar refractivity (Wildman–Crippen MR) is 67.5 cm³/mol. The van der Waals surface area contributed by atoms with E-state index in [-0.39, 0.29) is 5.92 Å². The third-order valence-electron chi connectivity index (χ3n) is 3.06. The van der Waals surface area contributed by atoms with E-state index in [1.165, 1.54) is 0 Å². The number of rotatable bonds is 6. The molecule has 8 nitrogen and oxygen atoms in total. The summed E-state index contributed by atoms with van der Waals surface area (Å²) in [7, 11) is -4.41. The number of nitrogens with zero attached hydrogens (tertiary/aromatic N) is 1. The van der Waals surface area contributed by atoms with Crippen molar-refractivity contribution >= 4 is 21.7 Å². The second-order valence-corrected chi connectivity index (χ2v) is 6.33. The second kappa shape index (κ2) is 5.37. The first-order chi connectivity index (χ1) is 9.72. The van der Waals surface area contributed by atoms with Crippen LogP contribution in [0.5, 0.6) is 0 Å². The fourth-order valence-corrected chi connectivity index (χ4v) is 3.15. The molecule has 114 valence electrons. The molecule has 1 aromatic carbocycles. The molecule has 0 aromatic heterocycles. The van der Waals surface area contributed by atoms with Crippen LogP contribution in [0.3, 0.4) is 0 Å². The van der Waals surface area contributed by atoms with Crippen LogP contribution in [0.1, 0.15) is 12.8 Å². The summed E-state index contributed by atoms with van der Waals surface area (Å²) >= 11 is 0. The van der Waals surface area contributed by atoms with Crippen molar-refractivity contribution in [3.63, 3.8) is 0 Å². The lowest BCUT2D eigenvalue weighted by Crippen LogP contribution is -2.42. The van der Waals surface area contributed by atoms with Crippen molar-refractivity contribution in [1.29, 1.82) is 0 Å². The van der Waals surface area contributed by atoms with E-state index in [0.29, 0.717) is 18.9 Å². The van der Waals surface area contributed by atoms with Crippen LogP contribution in [0.2, 0.25) is 0 Å². The lowest BCUT2D eigenvalue weighted by molar-refractivity contribution is -0.385. The molecule has 0 amide bonds. The molecule has 0 spiro atoms. The van der Waals surface area contributed by atoms with Crippen molar-refractivity contribution < 1.29 is 27.6 Å². The normalized spacial score (nSPS) is 16.4. The summed E-state index contributed by atoms with van der Waals surface area (Å²) in [4.78, 5) is 19.8. The summed E-state index contributed by atoms with van der Waals surface area (Å²) in [6.07, 6.45) is 1.14. The number of hydrogen-bond acceptors (Lipinski definition) is 5. The maximum Gasteiger partial charge on any atom is 0.322 e. The van der Waals surface area contributed by atoms with E-state index in [1.807, 2.05) is 4.72 Å². The molecule has 0 heterocycles. The van der Waals surface area contributed by atoms with Gasteiger partial charge in [0.1, 0.15) is 16.8 Å². The first kappa shape index (κ1) is 15.3. The topological polar surface area (TPSA) is 127 Å². The van der Waals surface area contributed by atoms with Crippen molar-refractivity contribution in [2.75, 3.05) is 0 Å². The van der Waals surface area contributed by atoms with Gasteiger partial charge in [-0.2, -0.15) is 4.72 Å². The molecule has 2 N–H and O–H groups in total. The van der Waals surface area contributed by atoms with Crippen molar-refractivity contribution in [2.45, 2.75) is 23.8 Å². The van der Waals surface area contributed by atoms with Crippen LogP contribution in [0.25, 0.3) is 0 Å². The Hall–Kier alpha value is -2.07. The molecule has 0 bridgehead atoms. The number of benzene rings is 1. The summed E-state index contributed by atoms with van der Waals surface area (Å²) in [5.74, 6) is -2.97. The van der Waals surface area contributed by atoms with Gasteiger partial charge in [-0.05, 0) is 24.8 Å². The molecule has 1 unspecified atom stereocenters. The fraction of sp³-hybridized carbons (Fsp3) is 0.364. The molecule has 1 aliphatic carbocycles. The first-order valence-electron chi connectivity index (χ1n) is 5.91. The minimum atomic E-state index is -4.41. The van der Waals surface area contributed by atoms with Gasteiger partial charge in [0.15, 0.2) is 0 Å². The Morgan fingerprint density at radius 3 is 2.52 bits per heavy atom. The van der Waals surface area contributed by atoms with Gasteiger partial charge in [0.05, 0.1) is 11.0 Å². The van der Waals surface area contributed by atoms with Crippen molar-refractivity contribution in [3.8, 4) is 0 Å².